The Labute approximate surface area is 87.3 Å². The van der Waals surface area contributed by atoms with Crippen LogP contribution in [0.2, 0.25) is 0 Å². The molecule has 0 saturated carbocycles. The standard InChI is InChI=1S/C10H13NO4/c1-10(14,9(12)13)6-7-5-8(15-2)3-4-11-7/h3-5,14H,6H2,1-2H3,(H,12,13). The number of carboxylic acid groups (broad SMARTS) is 1. The van der Waals surface area contributed by atoms with Gasteiger partial charge in [-0.2, -0.15) is 0 Å². The number of carboxylic acids is 1. The van der Waals surface area contributed by atoms with Gasteiger partial charge in [-0.15, -0.1) is 0 Å². The van der Waals surface area contributed by atoms with E-state index in [2.05, 4.69) is 4.98 Å². The van der Waals surface area contributed by atoms with Crippen molar-refractivity contribution in [3.63, 3.8) is 0 Å². The number of hydrogen-bond donors (Lipinski definition) is 2. The molecule has 5 nitrogen and oxygen atoms in total. The molecule has 0 amide bonds. The largest absolute Gasteiger partial charge is 0.497 e. The van der Waals surface area contributed by atoms with Crippen LogP contribution in [0.3, 0.4) is 0 Å². The van der Waals surface area contributed by atoms with Crippen molar-refractivity contribution in [2.45, 2.75) is 18.9 Å². The summed E-state index contributed by atoms with van der Waals surface area (Å²) in [5.41, 5.74) is -1.33. The minimum Gasteiger partial charge on any atom is -0.497 e. The highest BCUT2D eigenvalue weighted by molar-refractivity contribution is 5.76. The molecule has 0 aliphatic carbocycles. The van der Waals surface area contributed by atoms with E-state index in [4.69, 9.17) is 9.84 Å². The fourth-order valence-corrected chi connectivity index (χ4v) is 1.11. The van der Waals surface area contributed by atoms with Gasteiger partial charge in [0.2, 0.25) is 0 Å². The van der Waals surface area contributed by atoms with Gasteiger partial charge in [-0.3, -0.25) is 4.98 Å². The topological polar surface area (TPSA) is 79.7 Å². The minimum atomic E-state index is -1.81. The first-order valence-electron chi connectivity index (χ1n) is 4.40. The highest BCUT2D eigenvalue weighted by atomic mass is 16.5. The molecule has 15 heavy (non-hydrogen) atoms. The molecule has 0 aliphatic heterocycles. The van der Waals surface area contributed by atoms with Gasteiger partial charge >= 0.3 is 5.97 Å². The average molecular weight is 211 g/mol. The predicted octanol–water partition coefficient (Wildman–Crippen LogP) is 0.468. The molecule has 0 saturated heterocycles. The summed E-state index contributed by atoms with van der Waals surface area (Å²) in [5, 5.41) is 18.2. The quantitative estimate of drug-likeness (QED) is 0.756. The molecule has 1 aromatic heterocycles. The van der Waals surface area contributed by atoms with Gasteiger partial charge < -0.3 is 14.9 Å². The monoisotopic (exact) mass is 211 g/mol. The highest BCUT2D eigenvalue weighted by Gasteiger charge is 2.30. The van der Waals surface area contributed by atoms with E-state index < -0.39 is 11.6 Å². The lowest BCUT2D eigenvalue weighted by atomic mass is 10.0. The molecular formula is C10H13NO4. The molecule has 0 fully saturated rings. The van der Waals surface area contributed by atoms with Crippen LogP contribution in [0.25, 0.3) is 0 Å². The molecule has 1 heterocycles. The number of nitrogens with zero attached hydrogens (tertiary/aromatic N) is 1. The van der Waals surface area contributed by atoms with Crippen LogP contribution in [0.15, 0.2) is 18.3 Å². The maximum absolute atomic E-state index is 10.7. The van der Waals surface area contributed by atoms with Crippen LogP contribution in [-0.2, 0) is 11.2 Å². The van der Waals surface area contributed by atoms with Crippen molar-refractivity contribution in [3.8, 4) is 5.75 Å². The Morgan fingerprint density at radius 2 is 2.33 bits per heavy atom. The van der Waals surface area contributed by atoms with Crippen molar-refractivity contribution >= 4 is 5.97 Å². The summed E-state index contributed by atoms with van der Waals surface area (Å²) in [7, 11) is 1.51. The normalized spacial score (nSPS) is 14.3. The van der Waals surface area contributed by atoms with Crippen molar-refractivity contribution < 1.29 is 19.7 Å². The lowest BCUT2D eigenvalue weighted by Crippen LogP contribution is -2.37. The Morgan fingerprint density at radius 3 is 2.87 bits per heavy atom. The van der Waals surface area contributed by atoms with E-state index in [9.17, 15) is 9.90 Å². The zero-order chi connectivity index (χ0) is 11.5. The predicted molar refractivity (Wildman–Crippen MR) is 52.8 cm³/mol. The Morgan fingerprint density at radius 1 is 1.67 bits per heavy atom. The summed E-state index contributed by atoms with van der Waals surface area (Å²) < 4.78 is 4.96. The molecule has 0 radical (unpaired) electrons. The van der Waals surface area contributed by atoms with Crippen LogP contribution in [0.1, 0.15) is 12.6 Å². The molecule has 0 bridgehead atoms. The molecule has 0 aliphatic rings. The summed E-state index contributed by atoms with van der Waals surface area (Å²) in [6.45, 7) is 1.23. The molecule has 1 rings (SSSR count). The van der Waals surface area contributed by atoms with Gasteiger partial charge in [0, 0.05) is 24.4 Å². The molecule has 1 aromatic rings. The maximum atomic E-state index is 10.7. The lowest BCUT2D eigenvalue weighted by Gasteiger charge is -2.17. The van der Waals surface area contributed by atoms with Crippen LogP contribution in [0.5, 0.6) is 5.75 Å². The molecule has 0 spiro atoms. The third-order valence-corrected chi connectivity index (χ3v) is 2.01. The number of aliphatic hydroxyl groups is 1. The van der Waals surface area contributed by atoms with Crippen molar-refractivity contribution in [1.29, 1.82) is 0 Å². The molecule has 1 unspecified atom stereocenters. The number of pyridine rings is 1. The number of ether oxygens (including phenoxy) is 1. The van der Waals surface area contributed by atoms with Crippen LogP contribution >= 0.6 is 0 Å². The van der Waals surface area contributed by atoms with Gasteiger partial charge in [0.25, 0.3) is 0 Å². The van der Waals surface area contributed by atoms with Gasteiger partial charge in [0.05, 0.1) is 7.11 Å². The first kappa shape index (κ1) is 11.5. The SMILES string of the molecule is COc1ccnc(CC(C)(O)C(=O)O)c1. The number of carbonyl (C=O) groups is 1. The zero-order valence-electron chi connectivity index (χ0n) is 8.60. The number of rotatable bonds is 4. The maximum Gasteiger partial charge on any atom is 0.335 e. The Balaban J connectivity index is 2.85. The minimum absolute atomic E-state index is 0.0560. The first-order chi connectivity index (χ1) is 6.95. The third-order valence-electron chi connectivity index (χ3n) is 2.01. The van der Waals surface area contributed by atoms with E-state index in [0.29, 0.717) is 11.4 Å². The average Bonchev–Trinajstić information content (AvgIpc) is 2.17. The van der Waals surface area contributed by atoms with Gasteiger partial charge in [0.15, 0.2) is 5.60 Å². The number of aliphatic carboxylic acids is 1. The number of hydrogen-bond acceptors (Lipinski definition) is 4. The molecule has 2 N–H and O–H groups in total. The summed E-state index contributed by atoms with van der Waals surface area (Å²) in [4.78, 5) is 14.6. The van der Waals surface area contributed by atoms with E-state index in [0.717, 1.165) is 0 Å². The molecular weight excluding hydrogens is 198 g/mol. The van der Waals surface area contributed by atoms with Crippen LogP contribution in [0.4, 0.5) is 0 Å². The van der Waals surface area contributed by atoms with Gasteiger partial charge in [0.1, 0.15) is 5.75 Å². The number of methoxy groups -OCH3 is 1. The molecule has 0 aromatic carbocycles. The van der Waals surface area contributed by atoms with Gasteiger partial charge in [-0.05, 0) is 13.0 Å². The van der Waals surface area contributed by atoms with Crippen molar-refractivity contribution in [3.05, 3.63) is 24.0 Å². The zero-order valence-corrected chi connectivity index (χ0v) is 8.60. The first-order valence-corrected chi connectivity index (χ1v) is 4.40. The van der Waals surface area contributed by atoms with Crippen LogP contribution in [0, 0.1) is 0 Å². The fraction of sp³-hybridized carbons (Fsp3) is 0.400. The second-order valence-electron chi connectivity index (χ2n) is 3.44. The molecule has 1 atom stereocenters. The second kappa shape index (κ2) is 4.27. The highest BCUT2D eigenvalue weighted by Crippen LogP contribution is 2.16. The van der Waals surface area contributed by atoms with E-state index in [1.54, 1.807) is 12.1 Å². The summed E-state index contributed by atoms with van der Waals surface area (Å²) in [6.07, 6.45) is 1.45. The van der Waals surface area contributed by atoms with E-state index in [-0.39, 0.29) is 6.42 Å². The number of aromatic nitrogens is 1. The molecule has 82 valence electrons. The summed E-state index contributed by atoms with van der Waals surface area (Å²) in [5.74, 6) is -0.687. The van der Waals surface area contributed by atoms with E-state index in [1.807, 2.05) is 0 Å². The van der Waals surface area contributed by atoms with E-state index >= 15 is 0 Å². The molecule has 5 heteroatoms. The van der Waals surface area contributed by atoms with Crippen LogP contribution in [-0.4, -0.2) is 33.9 Å². The van der Waals surface area contributed by atoms with Gasteiger partial charge in [-0.25, -0.2) is 4.79 Å². The van der Waals surface area contributed by atoms with Crippen molar-refractivity contribution in [2.24, 2.45) is 0 Å². The summed E-state index contributed by atoms with van der Waals surface area (Å²) in [6, 6.07) is 3.25. The Bertz CT molecular complexity index is 362. The van der Waals surface area contributed by atoms with E-state index in [1.165, 1.54) is 20.2 Å². The van der Waals surface area contributed by atoms with Gasteiger partial charge in [-0.1, -0.05) is 0 Å². The summed E-state index contributed by atoms with van der Waals surface area (Å²) >= 11 is 0. The van der Waals surface area contributed by atoms with Crippen LogP contribution < -0.4 is 4.74 Å². The van der Waals surface area contributed by atoms with Crippen molar-refractivity contribution in [1.82, 2.24) is 4.98 Å². The van der Waals surface area contributed by atoms with Crippen molar-refractivity contribution in [2.75, 3.05) is 7.11 Å². The fourth-order valence-electron chi connectivity index (χ4n) is 1.11. The third kappa shape index (κ3) is 2.92. The Kier molecular flexibility index (Phi) is 3.26. The Hall–Kier alpha value is -1.62. The lowest BCUT2D eigenvalue weighted by molar-refractivity contribution is -0.156. The smallest absolute Gasteiger partial charge is 0.335 e. The second-order valence-corrected chi connectivity index (χ2v) is 3.44.